The highest BCUT2D eigenvalue weighted by Crippen LogP contribution is 2.40. The van der Waals surface area contributed by atoms with Crippen molar-refractivity contribution in [3.63, 3.8) is 0 Å². The molecule has 9 heteroatoms. The second kappa shape index (κ2) is 10.8. The van der Waals surface area contributed by atoms with Gasteiger partial charge in [-0.2, -0.15) is 0 Å². The number of aromatic nitrogens is 2. The first-order valence-corrected chi connectivity index (χ1v) is 11.7. The van der Waals surface area contributed by atoms with Crippen molar-refractivity contribution < 1.29 is 19.0 Å². The lowest BCUT2D eigenvalue weighted by Crippen LogP contribution is -2.48. The standard InChI is InChI=1S/C26H32N4O5/c1-18-27-21-8-6-5-7-20(21)26(32)30(18)12-11-23(31)29-15-13-28(14-16-29)17-19-9-10-22(33-2)25(35-4)24(19)34-3/h5-10H,11-17H2,1-4H3. The highest BCUT2D eigenvalue weighted by Gasteiger charge is 2.24. The van der Waals surface area contributed by atoms with Gasteiger partial charge in [0.15, 0.2) is 11.5 Å². The molecule has 0 aliphatic carbocycles. The van der Waals surface area contributed by atoms with Crippen LogP contribution in [0.1, 0.15) is 17.8 Å². The zero-order chi connectivity index (χ0) is 24.9. The lowest BCUT2D eigenvalue weighted by molar-refractivity contribution is -0.133. The van der Waals surface area contributed by atoms with Gasteiger partial charge in [-0.25, -0.2) is 4.98 Å². The number of amides is 1. The summed E-state index contributed by atoms with van der Waals surface area (Å²) in [5, 5.41) is 0.574. The molecule has 3 aromatic rings. The highest BCUT2D eigenvalue weighted by atomic mass is 16.5. The lowest BCUT2D eigenvalue weighted by atomic mass is 10.1. The van der Waals surface area contributed by atoms with Gasteiger partial charge in [-0.05, 0) is 25.1 Å². The number of piperazine rings is 1. The Kier molecular flexibility index (Phi) is 7.55. The third-order valence-electron chi connectivity index (χ3n) is 6.51. The third-order valence-corrected chi connectivity index (χ3v) is 6.51. The Morgan fingerprint density at radius 2 is 1.66 bits per heavy atom. The van der Waals surface area contributed by atoms with E-state index >= 15 is 0 Å². The summed E-state index contributed by atoms with van der Waals surface area (Å²) in [6.07, 6.45) is 0.268. The fraction of sp³-hybridized carbons (Fsp3) is 0.423. The van der Waals surface area contributed by atoms with Crippen LogP contribution in [0.3, 0.4) is 0 Å². The summed E-state index contributed by atoms with van der Waals surface area (Å²) in [6, 6.07) is 11.2. The molecule has 186 valence electrons. The van der Waals surface area contributed by atoms with Crippen LogP contribution >= 0.6 is 0 Å². The second-order valence-electron chi connectivity index (χ2n) is 8.53. The number of hydrogen-bond acceptors (Lipinski definition) is 7. The Morgan fingerprint density at radius 3 is 2.34 bits per heavy atom. The van der Waals surface area contributed by atoms with Crippen LogP contribution in [-0.4, -0.2) is 72.8 Å². The molecule has 2 aromatic carbocycles. The quantitative estimate of drug-likeness (QED) is 0.490. The molecule has 35 heavy (non-hydrogen) atoms. The molecule has 4 rings (SSSR count). The highest BCUT2D eigenvalue weighted by molar-refractivity contribution is 5.78. The van der Waals surface area contributed by atoms with Crippen molar-refractivity contribution >= 4 is 16.8 Å². The molecule has 9 nitrogen and oxygen atoms in total. The summed E-state index contributed by atoms with van der Waals surface area (Å²) in [5.74, 6) is 2.53. The molecule has 1 fully saturated rings. The SMILES string of the molecule is COc1ccc(CN2CCN(C(=O)CCn3c(C)nc4ccccc4c3=O)CC2)c(OC)c1OC. The minimum absolute atomic E-state index is 0.0489. The van der Waals surface area contributed by atoms with Gasteiger partial charge < -0.3 is 19.1 Å². The number of nitrogens with zero attached hydrogens (tertiary/aromatic N) is 4. The predicted molar refractivity (Wildman–Crippen MR) is 133 cm³/mol. The normalized spacial score (nSPS) is 14.2. The maximum absolute atomic E-state index is 12.9. The Morgan fingerprint density at radius 1 is 0.943 bits per heavy atom. The molecule has 0 radical (unpaired) electrons. The number of fused-ring (bicyclic) bond motifs is 1. The number of carbonyl (C=O) groups excluding carboxylic acids is 1. The van der Waals surface area contributed by atoms with E-state index in [0.29, 0.717) is 60.2 Å². The summed E-state index contributed by atoms with van der Waals surface area (Å²) in [6.45, 7) is 5.59. The molecule has 1 aromatic heterocycles. The van der Waals surface area contributed by atoms with Crippen LogP contribution in [0.2, 0.25) is 0 Å². The van der Waals surface area contributed by atoms with Crippen molar-refractivity contribution in [2.24, 2.45) is 0 Å². The van der Waals surface area contributed by atoms with E-state index in [2.05, 4.69) is 9.88 Å². The van der Waals surface area contributed by atoms with Crippen LogP contribution in [0.15, 0.2) is 41.2 Å². The fourth-order valence-electron chi connectivity index (χ4n) is 4.59. The topological polar surface area (TPSA) is 86.1 Å². The molecule has 0 bridgehead atoms. The van der Waals surface area contributed by atoms with Gasteiger partial charge in [0.1, 0.15) is 5.82 Å². The van der Waals surface area contributed by atoms with Crippen molar-refractivity contribution in [1.29, 1.82) is 0 Å². The second-order valence-corrected chi connectivity index (χ2v) is 8.53. The Balaban J connectivity index is 1.35. The number of carbonyl (C=O) groups is 1. The van der Waals surface area contributed by atoms with Crippen molar-refractivity contribution in [2.75, 3.05) is 47.5 Å². The Bertz CT molecular complexity index is 1260. The van der Waals surface area contributed by atoms with Crippen molar-refractivity contribution in [3.05, 3.63) is 58.1 Å². The monoisotopic (exact) mass is 480 g/mol. The number of benzene rings is 2. The number of ether oxygens (including phenoxy) is 3. The van der Waals surface area contributed by atoms with Crippen LogP contribution < -0.4 is 19.8 Å². The van der Waals surface area contributed by atoms with E-state index in [1.54, 1.807) is 38.9 Å². The van der Waals surface area contributed by atoms with Crippen molar-refractivity contribution in [3.8, 4) is 17.2 Å². The van der Waals surface area contributed by atoms with Crippen molar-refractivity contribution in [2.45, 2.75) is 26.4 Å². The van der Waals surface area contributed by atoms with Crippen LogP contribution in [0.4, 0.5) is 0 Å². The first kappa shape index (κ1) is 24.5. The largest absolute Gasteiger partial charge is 0.493 e. The summed E-state index contributed by atoms with van der Waals surface area (Å²) < 4.78 is 18.1. The van der Waals surface area contributed by atoms with E-state index in [0.717, 1.165) is 18.7 Å². The molecular formula is C26H32N4O5. The fourth-order valence-corrected chi connectivity index (χ4v) is 4.59. The van der Waals surface area contributed by atoms with E-state index in [-0.39, 0.29) is 17.9 Å². The van der Waals surface area contributed by atoms with Crippen LogP contribution in [0.5, 0.6) is 17.2 Å². The molecule has 0 unspecified atom stereocenters. The molecular weight excluding hydrogens is 448 g/mol. The summed E-state index contributed by atoms with van der Waals surface area (Å²) in [7, 11) is 4.81. The van der Waals surface area contributed by atoms with Crippen LogP contribution in [0, 0.1) is 6.92 Å². The van der Waals surface area contributed by atoms with Gasteiger partial charge in [0.25, 0.3) is 5.56 Å². The smallest absolute Gasteiger partial charge is 0.261 e. The van der Waals surface area contributed by atoms with E-state index < -0.39 is 0 Å². The first-order valence-electron chi connectivity index (χ1n) is 11.7. The summed E-state index contributed by atoms with van der Waals surface area (Å²) in [5.41, 5.74) is 1.58. The average molecular weight is 481 g/mol. The Labute approximate surface area is 204 Å². The number of aryl methyl sites for hydroxylation is 1. The van der Waals surface area contributed by atoms with E-state index in [4.69, 9.17) is 14.2 Å². The van der Waals surface area contributed by atoms with Crippen molar-refractivity contribution in [1.82, 2.24) is 19.4 Å². The molecule has 2 heterocycles. The maximum atomic E-state index is 12.9. The van der Waals surface area contributed by atoms with E-state index in [1.807, 2.05) is 35.2 Å². The van der Waals surface area contributed by atoms with E-state index in [9.17, 15) is 9.59 Å². The molecule has 1 aliphatic heterocycles. The Hall–Kier alpha value is -3.59. The molecule has 0 atom stereocenters. The number of hydrogen-bond donors (Lipinski definition) is 0. The predicted octanol–water partition coefficient (Wildman–Crippen LogP) is 2.47. The van der Waals surface area contributed by atoms with Gasteiger partial charge in [0.05, 0.1) is 32.2 Å². The number of para-hydroxylation sites is 1. The zero-order valence-corrected chi connectivity index (χ0v) is 20.7. The number of rotatable bonds is 8. The molecule has 1 aliphatic rings. The van der Waals surface area contributed by atoms with E-state index in [1.165, 1.54) is 0 Å². The summed E-state index contributed by atoms with van der Waals surface area (Å²) in [4.78, 5) is 34.4. The summed E-state index contributed by atoms with van der Waals surface area (Å²) >= 11 is 0. The van der Waals surface area contributed by atoms with Gasteiger partial charge in [0.2, 0.25) is 11.7 Å². The first-order chi connectivity index (χ1) is 17.0. The van der Waals surface area contributed by atoms with Gasteiger partial charge in [0, 0.05) is 51.3 Å². The minimum atomic E-state index is -0.102. The van der Waals surface area contributed by atoms with Gasteiger partial charge in [-0.1, -0.05) is 18.2 Å². The zero-order valence-electron chi connectivity index (χ0n) is 20.7. The van der Waals surface area contributed by atoms with Crippen LogP contribution in [0.25, 0.3) is 10.9 Å². The molecule has 1 saturated heterocycles. The molecule has 0 spiro atoms. The minimum Gasteiger partial charge on any atom is -0.493 e. The lowest BCUT2D eigenvalue weighted by Gasteiger charge is -2.35. The van der Waals surface area contributed by atoms with Crippen LogP contribution in [-0.2, 0) is 17.9 Å². The maximum Gasteiger partial charge on any atom is 0.261 e. The average Bonchev–Trinajstić information content (AvgIpc) is 2.88. The third kappa shape index (κ3) is 5.09. The van der Waals surface area contributed by atoms with Gasteiger partial charge in [-0.3, -0.25) is 19.1 Å². The number of methoxy groups -OCH3 is 3. The molecule has 0 saturated carbocycles. The van der Waals surface area contributed by atoms with Gasteiger partial charge in [-0.15, -0.1) is 0 Å². The molecule has 0 N–H and O–H groups in total. The molecule has 1 amide bonds. The van der Waals surface area contributed by atoms with Gasteiger partial charge >= 0.3 is 0 Å².